The Hall–Kier alpha value is -1.65. The maximum atomic E-state index is 12.3. The summed E-state index contributed by atoms with van der Waals surface area (Å²) in [5.74, 6) is -0.112. The van der Waals surface area contributed by atoms with E-state index in [0.29, 0.717) is 5.56 Å². The number of aliphatic hydroxyl groups excluding tert-OH is 1. The van der Waals surface area contributed by atoms with Gasteiger partial charge in [0, 0.05) is 5.56 Å². The monoisotopic (exact) mass is 245 g/mol. The van der Waals surface area contributed by atoms with Crippen molar-refractivity contribution < 1.29 is 14.7 Å². The smallest absolute Gasteiger partial charge is 0.278 e. The summed E-state index contributed by atoms with van der Waals surface area (Å²) in [5.41, 5.74) is 1.52. The number of fused-ring (bicyclic) bond motifs is 2. The summed E-state index contributed by atoms with van der Waals surface area (Å²) < 4.78 is 0. The molecule has 1 aromatic carbocycles. The molecule has 2 aliphatic heterocycles. The van der Waals surface area contributed by atoms with Crippen LogP contribution >= 0.6 is 0 Å². The molecule has 2 atom stereocenters. The summed E-state index contributed by atoms with van der Waals surface area (Å²) >= 11 is 0. The van der Waals surface area contributed by atoms with Crippen molar-refractivity contribution in [1.29, 1.82) is 0 Å². The Labute approximate surface area is 105 Å². The maximum absolute atomic E-state index is 12.3. The third-order valence-corrected chi connectivity index (χ3v) is 3.49. The van der Waals surface area contributed by atoms with Gasteiger partial charge in [-0.2, -0.15) is 0 Å². The molecule has 3 aliphatic rings. The minimum atomic E-state index is -0.146. The van der Waals surface area contributed by atoms with E-state index >= 15 is 0 Å². The van der Waals surface area contributed by atoms with E-state index in [2.05, 4.69) is 0 Å². The van der Waals surface area contributed by atoms with Crippen LogP contribution < -0.4 is 0 Å². The molecule has 94 valence electrons. The highest BCUT2D eigenvalue weighted by atomic mass is 16.7. The van der Waals surface area contributed by atoms with Gasteiger partial charge in [-0.25, -0.2) is 5.06 Å². The van der Waals surface area contributed by atoms with Gasteiger partial charge in [-0.1, -0.05) is 24.3 Å². The highest BCUT2D eigenvalue weighted by molar-refractivity contribution is 5.94. The van der Waals surface area contributed by atoms with E-state index in [1.165, 1.54) is 5.06 Å². The highest BCUT2D eigenvalue weighted by Crippen LogP contribution is 2.33. The molecular weight excluding hydrogens is 230 g/mol. The van der Waals surface area contributed by atoms with Crippen LogP contribution in [0.15, 0.2) is 42.0 Å². The predicted octanol–water partition coefficient (Wildman–Crippen LogP) is 1.52. The summed E-state index contributed by atoms with van der Waals surface area (Å²) in [6.45, 7) is 0.00847. The lowest BCUT2D eigenvalue weighted by Gasteiger charge is -2.42. The molecule has 4 heteroatoms. The largest absolute Gasteiger partial charge is 0.392 e. The average Bonchev–Trinajstić information content (AvgIpc) is 2.47. The molecule has 2 unspecified atom stereocenters. The number of amides is 1. The van der Waals surface area contributed by atoms with Crippen molar-refractivity contribution in [3.63, 3.8) is 0 Å². The van der Waals surface area contributed by atoms with E-state index in [0.717, 1.165) is 18.4 Å². The topological polar surface area (TPSA) is 49.8 Å². The summed E-state index contributed by atoms with van der Waals surface area (Å²) in [5, 5.41) is 10.7. The number of benzene rings is 1. The Morgan fingerprint density at radius 2 is 2.11 bits per heavy atom. The van der Waals surface area contributed by atoms with E-state index in [-0.39, 0.29) is 24.7 Å². The molecule has 0 aromatic heterocycles. The summed E-state index contributed by atoms with van der Waals surface area (Å²) in [4.78, 5) is 18.0. The Morgan fingerprint density at radius 1 is 1.33 bits per heavy atom. The van der Waals surface area contributed by atoms with Crippen LogP contribution in [0.25, 0.3) is 0 Å². The second-order valence-corrected chi connectivity index (χ2v) is 4.64. The molecule has 0 spiro atoms. The third-order valence-electron chi connectivity index (χ3n) is 3.49. The third kappa shape index (κ3) is 1.83. The Kier molecular flexibility index (Phi) is 2.89. The molecule has 2 heterocycles. The first-order valence-corrected chi connectivity index (χ1v) is 6.16. The number of aliphatic hydroxyl groups is 1. The number of rotatable bonds is 2. The van der Waals surface area contributed by atoms with Crippen molar-refractivity contribution in [1.82, 2.24) is 5.06 Å². The van der Waals surface area contributed by atoms with Crippen LogP contribution in [0.4, 0.5) is 0 Å². The van der Waals surface area contributed by atoms with E-state index in [1.807, 2.05) is 24.3 Å². The standard InChI is InChI=1S/C14H15NO3/c16-9-11-8-12-6-7-13(11)18-15(12)14(17)10-4-2-1-3-5-10/h1-5,8,12-13,16H,6-7,9H2. The molecule has 1 aliphatic carbocycles. The number of hydroxylamine groups is 2. The lowest BCUT2D eigenvalue weighted by atomic mass is 9.91. The van der Waals surface area contributed by atoms with Crippen LogP contribution in [-0.4, -0.2) is 34.8 Å². The number of carbonyl (C=O) groups excluding carboxylic acids is 1. The lowest BCUT2D eigenvalue weighted by Crippen LogP contribution is -2.50. The highest BCUT2D eigenvalue weighted by Gasteiger charge is 2.38. The molecule has 1 amide bonds. The van der Waals surface area contributed by atoms with E-state index in [1.54, 1.807) is 12.1 Å². The van der Waals surface area contributed by atoms with E-state index in [9.17, 15) is 9.90 Å². The number of carbonyl (C=O) groups is 1. The first-order chi connectivity index (χ1) is 8.79. The summed E-state index contributed by atoms with van der Waals surface area (Å²) in [7, 11) is 0. The van der Waals surface area contributed by atoms with Crippen LogP contribution in [-0.2, 0) is 4.84 Å². The quantitative estimate of drug-likeness (QED) is 0.804. The van der Waals surface area contributed by atoms with Gasteiger partial charge in [0.1, 0.15) is 6.10 Å². The van der Waals surface area contributed by atoms with Gasteiger partial charge in [-0.15, -0.1) is 0 Å². The van der Waals surface area contributed by atoms with Crippen molar-refractivity contribution in [2.24, 2.45) is 0 Å². The zero-order valence-corrected chi connectivity index (χ0v) is 9.95. The van der Waals surface area contributed by atoms with Crippen molar-refractivity contribution in [3.8, 4) is 0 Å². The SMILES string of the molecule is O=C(c1ccccc1)N1OC2CCC1C=C2CO. The fraction of sp³-hybridized carbons (Fsp3) is 0.357. The van der Waals surface area contributed by atoms with Crippen molar-refractivity contribution in [2.45, 2.75) is 25.0 Å². The Morgan fingerprint density at radius 3 is 2.72 bits per heavy atom. The molecule has 4 nitrogen and oxygen atoms in total. The Balaban J connectivity index is 1.84. The first-order valence-electron chi connectivity index (χ1n) is 6.16. The Bertz CT molecular complexity index is 483. The van der Waals surface area contributed by atoms with Crippen molar-refractivity contribution in [2.75, 3.05) is 6.61 Å². The molecule has 18 heavy (non-hydrogen) atoms. The fourth-order valence-electron chi connectivity index (χ4n) is 2.53. The van der Waals surface area contributed by atoms with Crippen LogP contribution in [0.5, 0.6) is 0 Å². The maximum Gasteiger partial charge on any atom is 0.278 e. The number of nitrogens with zero attached hydrogens (tertiary/aromatic N) is 1. The van der Waals surface area contributed by atoms with E-state index in [4.69, 9.17) is 4.84 Å². The molecule has 0 saturated carbocycles. The molecule has 1 aromatic rings. The molecule has 1 N–H and O–H groups in total. The molecule has 0 radical (unpaired) electrons. The van der Waals surface area contributed by atoms with Gasteiger partial charge in [0.05, 0.1) is 12.6 Å². The minimum Gasteiger partial charge on any atom is -0.392 e. The molecule has 2 bridgehead atoms. The second-order valence-electron chi connectivity index (χ2n) is 4.64. The predicted molar refractivity (Wildman–Crippen MR) is 65.7 cm³/mol. The van der Waals surface area contributed by atoms with Crippen molar-refractivity contribution in [3.05, 3.63) is 47.5 Å². The molecule has 1 fully saturated rings. The lowest BCUT2D eigenvalue weighted by molar-refractivity contribution is -0.204. The average molecular weight is 245 g/mol. The normalized spacial score (nSPS) is 26.1. The van der Waals surface area contributed by atoms with Crippen LogP contribution in [0.2, 0.25) is 0 Å². The minimum absolute atomic E-state index is 0.00847. The first kappa shape index (κ1) is 11.4. The zero-order chi connectivity index (χ0) is 12.5. The van der Waals surface area contributed by atoms with Crippen LogP contribution in [0, 0.1) is 0 Å². The molecule has 4 rings (SSSR count). The van der Waals surface area contributed by atoms with E-state index < -0.39 is 0 Å². The van der Waals surface area contributed by atoms with Gasteiger partial charge in [-0.3, -0.25) is 9.63 Å². The molecule has 1 saturated heterocycles. The summed E-state index contributed by atoms with van der Waals surface area (Å²) in [6.07, 6.45) is 3.58. The molecular formula is C14H15NO3. The van der Waals surface area contributed by atoms with Gasteiger partial charge < -0.3 is 5.11 Å². The summed E-state index contributed by atoms with van der Waals surface area (Å²) in [6, 6.07) is 9.07. The number of hydrogen-bond donors (Lipinski definition) is 1. The van der Waals surface area contributed by atoms with Gasteiger partial charge in [0.25, 0.3) is 5.91 Å². The van der Waals surface area contributed by atoms with Crippen molar-refractivity contribution >= 4 is 5.91 Å². The fourth-order valence-corrected chi connectivity index (χ4v) is 2.53. The number of hydrogen-bond acceptors (Lipinski definition) is 3. The zero-order valence-electron chi connectivity index (χ0n) is 9.95. The van der Waals surface area contributed by atoms with Gasteiger partial charge in [-0.05, 0) is 30.5 Å². The second kappa shape index (κ2) is 4.55. The van der Waals surface area contributed by atoms with Crippen LogP contribution in [0.1, 0.15) is 23.2 Å². The van der Waals surface area contributed by atoms with Gasteiger partial charge in [0.15, 0.2) is 0 Å². The van der Waals surface area contributed by atoms with Crippen LogP contribution in [0.3, 0.4) is 0 Å². The van der Waals surface area contributed by atoms with Gasteiger partial charge in [0.2, 0.25) is 0 Å². The van der Waals surface area contributed by atoms with Gasteiger partial charge >= 0.3 is 0 Å².